The maximum Gasteiger partial charge on any atom is 0.337 e. The molecule has 1 unspecified atom stereocenters. The largest absolute Gasteiger partial charge is 0.457 e. The summed E-state index contributed by atoms with van der Waals surface area (Å²) in [6.07, 6.45) is 0.927. The van der Waals surface area contributed by atoms with Gasteiger partial charge in [-0.05, 0) is 53.6 Å². The fraction of sp³-hybridized carbons (Fsp3) is 0.265. The number of thioether (sulfide) groups is 1. The molecule has 0 fully saturated rings. The van der Waals surface area contributed by atoms with Gasteiger partial charge < -0.3 is 15.4 Å². The molecule has 1 amide bonds. The lowest BCUT2D eigenvalue weighted by atomic mass is 9.82. The van der Waals surface area contributed by atoms with Gasteiger partial charge in [0.05, 0.1) is 33.9 Å². The fourth-order valence-electron chi connectivity index (χ4n) is 4.66. The summed E-state index contributed by atoms with van der Waals surface area (Å²) in [5, 5.41) is 17.0. The van der Waals surface area contributed by atoms with Gasteiger partial charge in [0.25, 0.3) is 0 Å². The number of anilines is 1. The Morgan fingerprint density at radius 1 is 1.00 bits per heavy atom. The molecule has 4 rings (SSSR count). The van der Waals surface area contributed by atoms with E-state index in [9.17, 15) is 14.9 Å². The van der Waals surface area contributed by atoms with Crippen LogP contribution in [0.15, 0.2) is 101 Å². The van der Waals surface area contributed by atoms with Crippen LogP contribution in [0.1, 0.15) is 61.8 Å². The molecule has 2 N–H and O–H groups in total. The number of amides is 1. The van der Waals surface area contributed by atoms with Crippen LogP contribution in [0.4, 0.5) is 5.69 Å². The Balaban J connectivity index is 1.59. The van der Waals surface area contributed by atoms with Gasteiger partial charge in [-0.15, -0.1) is 0 Å². The number of hydrogen-bond acceptors (Lipinski definition) is 6. The van der Waals surface area contributed by atoms with Crippen molar-refractivity contribution >= 4 is 29.3 Å². The van der Waals surface area contributed by atoms with Crippen molar-refractivity contribution in [3.63, 3.8) is 0 Å². The first kappa shape index (κ1) is 29.7. The van der Waals surface area contributed by atoms with Crippen molar-refractivity contribution in [1.82, 2.24) is 5.32 Å². The predicted molar refractivity (Wildman–Crippen MR) is 165 cm³/mol. The highest BCUT2D eigenvalue weighted by atomic mass is 32.2. The second-order valence-electron chi connectivity index (χ2n) is 10.2. The third kappa shape index (κ3) is 7.47. The first-order valence-corrected chi connectivity index (χ1v) is 14.7. The molecule has 1 aliphatic rings. The Kier molecular flexibility index (Phi) is 10.0. The number of nitriles is 1. The Morgan fingerprint density at radius 3 is 2.29 bits per heavy atom. The van der Waals surface area contributed by atoms with Crippen molar-refractivity contribution in [2.75, 3.05) is 11.1 Å². The normalized spacial score (nSPS) is 14.9. The number of carbonyl (C=O) groups is 2. The van der Waals surface area contributed by atoms with Gasteiger partial charge in [0.2, 0.25) is 5.91 Å². The van der Waals surface area contributed by atoms with E-state index in [1.807, 2.05) is 78.9 Å². The van der Waals surface area contributed by atoms with Crippen LogP contribution in [0, 0.1) is 11.3 Å². The molecule has 1 heterocycles. The maximum absolute atomic E-state index is 13.5. The smallest absolute Gasteiger partial charge is 0.337 e. The fourth-order valence-corrected chi connectivity index (χ4v) is 5.55. The molecule has 0 bridgehead atoms. The van der Waals surface area contributed by atoms with Crippen LogP contribution < -0.4 is 10.6 Å². The minimum Gasteiger partial charge on any atom is -0.457 e. The number of rotatable bonds is 10. The van der Waals surface area contributed by atoms with Gasteiger partial charge in [-0.1, -0.05) is 99.3 Å². The van der Waals surface area contributed by atoms with Crippen LogP contribution >= 0.6 is 11.8 Å². The Labute approximate surface area is 246 Å². The van der Waals surface area contributed by atoms with E-state index in [4.69, 9.17) is 4.74 Å². The highest BCUT2D eigenvalue weighted by Crippen LogP contribution is 2.41. The maximum atomic E-state index is 13.5. The third-order valence-corrected chi connectivity index (χ3v) is 8.03. The van der Waals surface area contributed by atoms with E-state index in [1.54, 1.807) is 6.92 Å². The van der Waals surface area contributed by atoms with E-state index < -0.39 is 11.9 Å². The minimum atomic E-state index is -0.627. The summed E-state index contributed by atoms with van der Waals surface area (Å²) in [5.41, 5.74) is 6.14. The highest BCUT2D eigenvalue weighted by Gasteiger charge is 2.35. The topological polar surface area (TPSA) is 91.2 Å². The lowest BCUT2D eigenvalue weighted by Gasteiger charge is -2.29. The molecule has 0 saturated heterocycles. The molecule has 1 atom stereocenters. The number of nitrogens with zero attached hydrogens (tertiary/aromatic N) is 1. The number of hydrogen-bond donors (Lipinski definition) is 2. The average Bonchev–Trinajstić information content (AvgIpc) is 2.99. The Hall–Kier alpha value is -4.28. The van der Waals surface area contributed by atoms with Gasteiger partial charge in [-0.3, -0.25) is 4.79 Å². The van der Waals surface area contributed by atoms with Crippen molar-refractivity contribution in [2.45, 2.75) is 52.6 Å². The lowest BCUT2D eigenvalue weighted by molar-refractivity contribution is -0.140. The predicted octanol–water partition coefficient (Wildman–Crippen LogP) is 7.18. The van der Waals surface area contributed by atoms with Crippen LogP contribution in [0.25, 0.3) is 0 Å². The van der Waals surface area contributed by atoms with Gasteiger partial charge in [-0.25, -0.2) is 4.79 Å². The van der Waals surface area contributed by atoms with Crippen LogP contribution in [-0.4, -0.2) is 17.6 Å². The molecule has 0 spiro atoms. The number of carbonyl (C=O) groups excluding carboxylic acids is 2. The van der Waals surface area contributed by atoms with Gasteiger partial charge in [-0.2, -0.15) is 5.26 Å². The zero-order valence-electron chi connectivity index (χ0n) is 23.9. The van der Waals surface area contributed by atoms with Gasteiger partial charge in [0, 0.05) is 11.4 Å². The molecule has 3 aromatic carbocycles. The zero-order valence-corrected chi connectivity index (χ0v) is 24.7. The minimum absolute atomic E-state index is 0.100. The monoisotopic (exact) mass is 565 g/mol. The number of allylic oxidation sites excluding steroid dienone is 2. The first-order chi connectivity index (χ1) is 19.8. The highest BCUT2D eigenvalue weighted by molar-refractivity contribution is 8.03. The summed E-state index contributed by atoms with van der Waals surface area (Å²) < 4.78 is 5.72. The number of ether oxygens (including phenoxy) is 1. The zero-order chi connectivity index (χ0) is 29.4. The van der Waals surface area contributed by atoms with E-state index in [-0.39, 0.29) is 18.3 Å². The number of benzene rings is 3. The van der Waals surface area contributed by atoms with E-state index >= 15 is 0 Å². The summed E-state index contributed by atoms with van der Waals surface area (Å²) >= 11 is 1.25. The molecule has 210 valence electrons. The SMILES string of the molecule is CCc1ccc(NC(=O)CSC2=C(C#N)C(c3ccc(C(C)C)cc3)C(C(=O)OCc3ccccc3)=C(C)N2)cc1. The number of esters is 1. The summed E-state index contributed by atoms with van der Waals surface area (Å²) in [6, 6.07) is 27.6. The molecule has 3 aromatic rings. The number of aryl methyl sites for hydroxylation is 1. The molecule has 0 radical (unpaired) electrons. The first-order valence-electron chi connectivity index (χ1n) is 13.7. The van der Waals surface area contributed by atoms with Crippen molar-refractivity contribution < 1.29 is 14.3 Å². The van der Waals surface area contributed by atoms with Crippen molar-refractivity contribution in [3.05, 3.63) is 123 Å². The van der Waals surface area contributed by atoms with Gasteiger partial charge >= 0.3 is 5.97 Å². The third-order valence-electron chi connectivity index (χ3n) is 7.01. The summed E-state index contributed by atoms with van der Waals surface area (Å²) in [7, 11) is 0. The Bertz CT molecular complexity index is 1480. The lowest BCUT2D eigenvalue weighted by Crippen LogP contribution is -2.29. The number of dihydropyridines is 1. The standard InChI is InChI=1S/C34H35N3O3S/c1-5-24-11-17-28(18-12-24)37-30(38)21-41-33-29(19-35)32(27-15-13-26(14-16-27)22(2)3)31(23(4)36-33)34(39)40-20-25-9-7-6-8-10-25/h6-18,22,32,36H,5,20-21H2,1-4H3,(H,37,38). The molecule has 1 aliphatic heterocycles. The molecular weight excluding hydrogens is 530 g/mol. The molecule has 0 saturated carbocycles. The summed E-state index contributed by atoms with van der Waals surface area (Å²) in [4.78, 5) is 26.3. The second-order valence-corrected chi connectivity index (χ2v) is 11.2. The van der Waals surface area contributed by atoms with Crippen molar-refractivity contribution in [3.8, 4) is 6.07 Å². The molecule has 7 heteroatoms. The number of nitrogens with one attached hydrogen (secondary N) is 2. The van der Waals surface area contributed by atoms with Gasteiger partial charge in [0.15, 0.2) is 0 Å². The molecule has 41 heavy (non-hydrogen) atoms. The van der Waals surface area contributed by atoms with Crippen LogP contribution in [0.5, 0.6) is 0 Å². The van der Waals surface area contributed by atoms with Crippen LogP contribution in [-0.2, 0) is 27.4 Å². The van der Waals surface area contributed by atoms with E-state index in [2.05, 4.69) is 37.5 Å². The molecule has 6 nitrogen and oxygen atoms in total. The van der Waals surface area contributed by atoms with E-state index in [0.29, 0.717) is 27.8 Å². The van der Waals surface area contributed by atoms with E-state index in [0.717, 1.165) is 28.8 Å². The van der Waals surface area contributed by atoms with Gasteiger partial charge in [0.1, 0.15) is 6.61 Å². The second kappa shape index (κ2) is 13.9. The summed E-state index contributed by atoms with van der Waals surface area (Å²) in [5.74, 6) is -0.847. The quantitative estimate of drug-likeness (QED) is 0.253. The van der Waals surface area contributed by atoms with Crippen molar-refractivity contribution in [1.29, 1.82) is 5.26 Å². The van der Waals surface area contributed by atoms with E-state index in [1.165, 1.54) is 17.3 Å². The van der Waals surface area contributed by atoms with Crippen LogP contribution in [0.2, 0.25) is 0 Å². The average molecular weight is 566 g/mol. The molecular formula is C34H35N3O3S. The molecule has 0 aliphatic carbocycles. The molecule has 0 aromatic heterocycles. The summed E-state index contributed by atoms with van der Waals surface area (Å²) in [6.45, 7) is 8.25. The van der Waals surface area contributed by atoms with Crippen molar-refractivity contribution in [2.24, 2.45) is 0 Å². The van der Waals surface area contributed by atoms with Crippen LogP contribution in [0.3, 0.4) is 0 Å². The Morgan fingerprint density at radius 2 is 1.68 bits per heavy atom.